The van der Waals surface area contributed by atoms with Gasteiger partial charge >= 0.3 is 0 Å². The van der Waals surface area contributed by atoms with Crippen LogP contribution in [0, 0.1) is 6.92 Å². The Hall–Kier alpha value is -1.02. The zero-order chi connectivity index (χ0) is 10.3. The Balaban J connectivity index is 1.95. The van der Waals surface area contributed by atoms with Gasteiger partial charge in [0.2, 0.25) is 0 Å². The van der Waals surface area contributed by atoms with Crippen molar-refractivity contribution in [3.05, 3.63) is 29.3 Å². The molecule has 1 saturated heterocycles. The summed E-state index contributed by atoms with van der Waals surface area (Å²) in [5, 5.41) is 3.36. The minimum Gasteiger partial charge on any atom is -0.366 e. The molecule has 15 heavy (non-hydrogen) atoms. The first kappa shape index (κ1) is 9.22. The van der Waals surface area contributed by atoms with Crippen LogP contribution in [0.1, 0.15) is 17.5 Å². The van der Waals surface area contributed by atoms with Crippen molar-refractivity contribution in [2.24, 2.45) is 0 Å². The van der Waals surface area contributed by atoms with Gasteiger partial charge in [0.25, 0.3) is 0 Å². The molecule has 1 aromatic rings. The average molecular weight is 202 g/mol. The molecule has 1 aromatic carbocycles. The van der Waals surface area contributed by atoms with Crippen LogP contribution in [0.4, 0.5) is 5.69 Å². The monoisotopic (exact) mass is 202 g/mol. The van der Waals surface area contributed by atoms with Gasteiger partial charge in [-0.2, -0.15) is 0 Å². The van der Waals surface area contributed by atoms with Gasteiger partial charge in [-0.05, 0) is 31.4 Å². The van der Waals surface area contributed by atoms with Crippen molar-refractivity contribution in [2.75, 3.05) is 24.5 Å². The Kier molecular flexibility index (Phi) is 2.17. The van der Waals surface area contributed by atoms with Gasteiger partial charge < -0.3 is 10.2 Å². The van der Waals surface area contributed by atoms with E-state index < -0.39 is 0 Å². The van der Waals surface area contributed by atoms with E-state index in [2.05, 4.69) is 35.3 Å². The molecule has 0 saturated carbocycles. The average Bonchev–Trinajstić information content (AvgIpc) is 2.15. The number of hydrogen-bond donors (Lipinski definition) is 1. The molecule has 0 aliphatic carbocycles. The van der Waals surface area contributed by atoms with E-state index in [1.165, 1.54) is 30.6 Å². The highest BCUT2D eigenvalue weighted by Gasteiger charge is 2.27. The Bertz CT molecular complexity index is 369. The van der Waals surface area contributed by atoms with E-state index in [1.54, 1.807) is 5.56 Å². The molecule has 2 aliphatic rings. The molecule has 2 heterocycles. The van der Waals surface area contributed by atoms with Crippen molar-refractivity contribution in [2.45, 2.75) is 25.8 Å². The molecule has 3 rings (SSSR count). The summed E-state index contributed by atoms with van der Waals surface area (Å²) in [7, 11) is 0. The van der Waals surface area contributed by atoms with Crippen LogP contribution < -0.4 is 10.2 Å². The second-order valence-corrected chi connectivity index (χ2v) is 4.74. The lowest BCUT2D eigenvalue weighted by molar-refractivity contribution is 0.405. The lowest BCUT2D eigenvalue weighted by Crippen LogP contribution is -2.58. The predicted octanol–water partition coefficient (Wildman–Crippen LogP) is 1.72. The number of fused-ring (bicyclic) bond motifs is 1. The quantitative estimate of drug-likeness (QED) is 0.746. The van der Waals surface area contributed by atoms with Crippen LogP contribution in [0.2, 0.25) is 0 Å². The van der Waals surface area contributed by atoms with Gasteiger partial charge in [-0.3, -0.25) is 0 Å². The molecule has 1 N–H and O–H groups in total. The molecular weight excluding hydrogens is 184 g/mol. The van der Waals surface area contributed by atoms with Crippen LogP contribution in [0.3, 0.4) is 0 Å². The van der Waals surface area contributed by atoms with Crippen molar-refractivity contribution < 1.29 is 0 Å². The summed E-state index contributed by atoms with van der Waals surface area (Å²) in [6.45, 7) is 5.74. The van der Waals surface area contributed by atoms with Crippen molar-refractivity contribution in [1.29, 1.82) is 0 Å². The number of aryl methyl sites for hydroxylation is 2. The Morgan fingerprint density at radius 2 is 2.20 bits per heavy atom. The number of rotatable bonds is 1. The van der Waals surface area contributed by atoms with Gasteiger partial charge in [-0.1, -0.05) is 17.7 Å². The van der Waals surface area contributed by atoms with Gasteiger partial charge in [0.1, 0.15) is 0 Å². The summed E-state index contributed by atoms with van der Waals surface area (Å²) < 4.78 is 0. The highest BCUT2D eigenvalue weighted by molar-refractivity contribution is 5.57. The van der Waals surface area contributed by atoms with Crippen LogP contribution in [0.5, 0.6) is 0 Å². The number of benzene rings is 1. The molecular formula is C13H18N2. The fraction of sp³-hybridized carbons (Fsp3) is 0.538. The topological polar surface area (TPSA) is 15.3 Å². The Morgan fingerprint density at radius 3 is 2.93 bits per heavy atom. The number of nitrogens with one attached hydrogen (secondary N) is 1. The summed E-state index contributed by atoms with van der Waals surface area (Å²) in [4.78, 5) is 2.59. The maximum atomic E-state index is 3.36. The third-order valence-electron chi connectivity index (χ3n) is 3.59. The molecule has 0 amide bonds. The van der Waals surface area contributed by atoms with E-state index in [9.17, 15) is 0 Å². The normalized spacial score (nSPS) is 21.0. The van der Waals surface area contributed by atoms with E-state index >= 15 is 0 Å². The molecule has 2 heteroatoms. The molecule has 1 fully saturated rings. The van der Waals surface area contributed by atoms with Crippen molar-refractivity contribution in [3.8, 4) is 0 Å². The van der Waals surface area contributed by atoms with E-state index in [0.717, 1.165) is 19.1 Å². The smallest absolute Gasteiger partial charge is 0.0539 e. The minimum absolute atomic E-state index is 0.742. The first-order chi connectivity index (χ1) is 7.34. The summed E-state index contributed by atoms with van der Waals surface area (Å²) in [6.07, 6.45) is 2.57. The molecule has 0 aromatic heterocycles. The van der Waals surface area contributed by atoms with Crippen LogP contribution in [0.25, 0.3) is 0 Å². The van der Waals surface area contributed by atoms with Crippen LogP contribution in [0.15, 0.2) is 18.2 Å². The van der Waals surface area contributed by atoms with Gasteiger partial charge in [-0.25, -0.2) is 0 Å². The van der Waals surface area contributed by atoms with Crippen molar-refractivity contribution in [3.63, 3.8) is 0 Å². The lowest BCUT2D eigenvalue weighted by Gasteiger charge is -2.43. The van der Waals surface area contributed by atoms with Gasteiger partial charge in [0, 0.05) is 25.3 Å². The highest BCUT2D eigenvalue weighted by atomic mass is 15.2. The van der Waals surface area contributed by atoms with Crippen molar-refractivity contribution in [1.82, 2.24) is 5.32 Å². The maximum absolute atomic E-state index is 3.36. The number of hydrogen-bond acceptors (Lipinski definition) is 2. The molecule has 2 aliphatic heterocycles. The summed E-state index contributed by atoms with van der Waals surface area (Å²) in [6, 6.07) is 7.64. The fourth-order valence-corrected chi connectivity index (χ4v) is 2.63. The van der Waals surface area contributed by atoms with E-state index in [-0.39, 0.29) is 0 Å². The lowest BCUT2D eigenvalue weighted by atomic mass is 9.97. The van der Waals surface area contributed by atoms with Gasteiger partial charge in [-0.15, -0.1) is 0 Å². The molecule has 0 radical (unpaired) electrons. The Labute approximate surface area is 91.3 Å². The van der Waals surface area contributed by atoms with Crippen LogP contribution in [-0.4, -0.2) is 25.7 Å². The van der Waals surface area contributed by atoms with E-state index in [4.69, 9.17) is 0 Å². The standard InChI is InChI=1S/C13H18N2/c1-10-4-5-13-11(7-10)3-2-6-15(13)12-8-14-9-12/h4-5,7,12,14H,2-3,6,8-9H2,1H3. The zero-order valence-electron chi connectivity index (χ0n) is 9.29. The molecule has 0 spiro atoms. The number of nitrogens with zero attached hydrogens (tertiary/aromatic N) is 1. The van der Waals surface area contributed by atoms with Crippen LogP contribution in [-0.2, 0) is 6.42 Å². The molecule has 0 bridgehead atoms. The summed E-state index contributed by atoms with van der Waals surface area (Å²) >= 11 is 0. The molecule has 0 atom stereocenters. The minimum atomic E-state index is 0.742. The van der Waals surface area contributed by atoms with Crippen LogP contribution >= 0.6 is 0 Å². The zero-order valence-corrected chi connectivity index (χ0v) is 9.29. The predicted molar refractivity (Wildman–Crippen MR) is 63.5 cm³/mol. The highest BCUT2D eigenvalue weighted by Crippen LogP contribution is 2.30. The molecule has 0 unspecified atom stereocenters. The SMILES string of the molecule is Cc1ccc2c(c1)CCCN2C1CNC1. The number of anilines is 1. The maximum Gasteiger partial charge on any atom is 0.0539 e. The molecule has 80 valence electrons. The second kappa shape index (κ2) is 3.53. The first-order valence-corrected chi connectivity index (χ1v) is 5.91. The molecule has 2 nitrogen and oxygen atoms in total. The summed E-state index contributed by atoms with van der Waals surface area (Å²) in [5.74, 6) is 0. The second-order valence-electron chi connectivity index (χ2n) is 4.74. The van der Waals surface area contributed by atoms with E-state index in [0.29, 0.717) is 0 Å². The first-order valence-electron chi connectivity index (χ1n) is 5.91. The van der Waals surface area contributed by atoms with Gasteiger partial charge in [0.15, 0.2) is 0 Å². The third kappa shape index (κ3) is 1.53. The Morgan fingerprint density at radius 1 is 1.33 bits per heavy atom. The summed E-state index contributed by atoms with van der Waals surface area (Å²) in [5.41, 5.74) is 4.42. The third-order valence-corrected chi connectivity index (χ3v) is 3.59. The van der Waals surface area contributed by atoms with Crippen molar-refractivity contribution >= 4 is 5.69 Å². The van der Waals surface area contributed by atoms with Gasteiger partial charge in [0.05, 0.1) is 6.04 Å². The fourth-order valence-electron chi connectivity index (χ4n) is 2.63. The largest absolute Gasteiger partial charge is 0.366 e. The van der Waals surface area contributed by atoms with E-state index in [1.807, 2.05) is 0 Å².